The summed E-state index contributed by atoms with van der Waals surface area (Å²) in [6.45, 7) is 4.55. The standard InChI is InChI=1S/C20H32N4O.HI/c1-17-9-8-12-19(25)24(17)16-7-6-14-22-20(21-2)23-15-13-18-10-4-3-5-11-18;/h8-10,12H,3-7,11,13-16H2,1-2H3,(H2,21,22,23);1H. The van der Waals surface area contributed by atoms with Gasteiger partial charge in [-0.25, -0.2) is 0 Å². The molecular formula is C20H33IN4O. The molecule has 0 fully saturated rings. The van der Waals surface area contributed by atoms with Crippen LogP contribution >= 0.6 is 24.0 Å². The van der Waals surface area contributed by atoms with E-state index in [0.717, 1.165) is 50.6 Å². The number of guanidine groups is 1. The summed E-state index contributed by atoms with van der Waals surface area (Å²) in [6.07, 6.45) is 10.7. The summed E-state index contributed by atoms with van der Waals surface area (Å²) in [7, 11) is 1.81. The highest BCUT2D eigenvalue weighted by Gasteiger charge is 2.04. The third-order valence-electron chi connectivity index (χ3n) is 4.72. The lowest BCUT2D eigenvalue weighted by molar-refractivity contribution is 0.574. The maximum Gasteiger partial charge on any atom is 0.250 e. The molecule has 1 heterocycles. The number of rotatable bonds is 8. The van der Waals surface area contributed by atoms with E-state index >= 15 is 0 Å². The molecule has 2 N–H and O–H groups in total. The van der Waals surface area contributed by atoms with Crippen molar-refractivity contribution in [1.29, 1.82) is 0 Å². The molecule has 0 spiro atoms. The van der Waals surface area contributed by atoms with E-state index in [9.17, 15) is 4.79 Å². The summed E-state index contributed by atoms with van der Waals surface area (Å²) in [5.41, 5.74) is 2.69. The molecule has 0 saturated heterocycles. The lowest BCUT2D eigenvalue weighted by Gasteiger charge is -2.15. The third kappa shape index (κ3) is 7.93. The van der Waals surface area contributed by atoms with Crippen molar-refractivity contribution in [3.8, 4) is 0 Å². The highest BCUT2D eigenvalue weighted by atomic mass is 127. The highest BCUT2D eigenvalue weighted by molar-refractivity contribution is 14.0. The first-order valence-corrected chi connectivity index (χ1v) is 9.49. The normalized spacial score (nSPS) is 14.4. The number of hydrogen-bond donors (Lipinski definition) is 2. The van der Waals surface area contributed by atoms with Gasteiger partial charge in [0.15, 0.2) is 5.96 Å². The average molecular weight is 472 g/mol. The summed E-state index contributed by atoms with van der Waals surface area (Å²) in [4.78, 5) is 16.1. The fraction of sp³-hybridized carbons (Fsp3) is 0.600. The third-order valence-corrected chi connectivity index (χ3v) is 4.72. The number of halogens is 1. The molecule has 1 aromatic heterocycles. The fourth-order valence-electron chi connectivity index (χ4n) is 3.21. The van der Waals surface area contributed by atoms with Crippen LogP contribution in [0.5, 0.6) is 0 Å². The monoisotopic (exact) mass is 472 g/mol. The van der Waals surface area contributed by atoms with Gasteiger partial charge in [-0.15, -0.1) is 24.0 Å². The molecule has 0 bridgehead atoms. The van der Waals surface area contributed by atoms with E-state index in [-0.39, 0.29) is 29.5 Å². The topological polar surface area (TPSA) is 58.4 Å². The van der Waals surface area contributed by atoms with Crippen LogP contribution in [0, 0.1) is 6.92 Å². The van der Waals surface area contributed by atoms with E-state index in [1.54, 1.807) is 11.6 Å². The Bertz CT molecular complexity index is 651. The van der Waals surface area contributed by atoms with E-state index in [4.69, 9.17) is 0 Å². The van der Waals surface area contributed by atoms with Gasteiger partial charge in [-0.3, -0.25) is 9.79 Å². The molecule has 0 radical (unpaired) electrons. The van der Waals surface area contributed by atoms with Crippen LogP contribution in [-0.2, 0) is 6.54 Å². The molecule has 1 aliphatic rings. The minimum absolute atomic E-state index is 0. The number of allylic oxidation sites excluding steroid dienone is 1. The van der Waals surface area contributed by atoms with Crippen molar-refractivity contribution >= 4 is 29.9 Å². The molecule has 0 amide bonds. The van der Waals surface area contributed by atoms with Crippen molar-refractivity contribution in [2.75, 3.05) is 20.1 Å². The first-order valence-electron chi connectivity index (χ1n) is 9.49. The zero-order valence-electron chi connectivity index (χ0n) is 16.1. The Kier molecular flexibility index (Phi) is 11.3. The quantitative estimate of drug-likeness (QED) is 0.200. The first kappa shape index (κ1) is 22.7. The van der Waals surface area contributed by atoms with Crippen LogP contribution in [0.25, 0.3) is 0 Å². The van der Waals surface area contributed by atoms with E-state index in [2.05, 4.69) is 21.7 Å². The molecule has 0 aliphatic heterocycles. The van der Waals surface area contributed by atoms with Crippen molar-refractivity contribution in [1.82, 2.24) is 15.2 Å². The van der Waals surface area contributed by atoms with Crippen LogP contribution < -0.4 is 16.2 Å². The van der Waals surface area contributed by atoms with Gasteiger partial charge in [-0.05, 0) is 57.9 Å². The Morgan fingerprint density at radius 3 is 2.69 bits per heavy atom. The minimum atomic E-state index is 0. The van der Waals surface area contributed by atoms with Gasteiger partial charge in [0.2, 0.25) is 0 Å². The van der Waals surface area contributed by atoms with Crippen molar-refractivity contribution in [2.24, 2.45) is 4.99 Å². The second kappa shape index (κ2) is 12.9. The molecule has 1 aromatic rings. The fourth-order valence-corrected chi connectivity index (χ4v) is 3.21. The lowest BCUT2D eigenvalue weighted by Crippen LogP contribution is -2.38. The smallest absolute Gasteiger partial charge is 0.250 e. The Hall–Kier alpha value is -1.31. The Morgan fingerprint density at radius 2 is 2.00 bits per heavy atom. The van der Waals surface area contributed by atoms with Crippen LogP contribution in [0.3, 0.4) is 0 Å². The highest BCUT2D eigenvalue weighted by Crippen LogP contribution is 2.19. The summed E-state index contributed by atoms with van der Waals surface area (Å²) in [5.74, 6) is 0.865. The summed E-state index contributed by atoms with van der Waals surface area (Å²) >= 11 is 0. The van der Waals surface area contributed by atoms with Gasteiger partial charge in [0.1, 0.15) is 0 Å². The second-order valence-electron chi connectivity index (χ2n) is 6.65. The van der Waals surface area contributed by atoms with E-state index in [1.165, 1.54) is 25.7 Å². The first-order chi connectivity index (χ1) is 12.2. The van der Waals surface area contributed by atoms with Gasteiger partial charge < -0.3 is 15.2 Å². The van der Waals surface area contributed by atoms with Gasteiger partial charge >= 0.3 is 0 Å². The number of nitrogens with one attached hydrogen (secondary N) is 2. The van der Waals surface area contributed by atoms with Gasteiger partial charge in [0.25, 0.3) is 5.56 Å². The molecule has 0 atom stereocenters. The Labute approximate surface area is 174 Å². The predicted octanol–water partition coefficient (Wildman–Crippen LogP) is 3.61. The van der Waals surface area contributed by atoms with Crippen molar-refractivity contribution < 1.29 is 0 Å². The summed E-state index contributed by atoms with van der Waals surface area (Å²) in [5, 5.41) is 6.74. The zero-order chi connectivity index (χ0) is 17.9. The maximum atomic E-state index is 11.8. The number of aryl methyl sites for hydroxylation is 1. The van der Waals surface area contributed by atoms with Crippen LogP contribution in [0.2, 0.25) is 0 Å². The Balaban J connectivity index is 0.00000338. The van der Waals surface area contributed by atoms with Crippen LogP contribution in [-0.4, -0.2) is 30.7 Å². The molecule has 5 nitrogen and oxygen atoms in total. The van der Waals surface area contributed by atoms with Crippen molar-refractivity contribution in [3.05, 3.63) is 45.9 Å². The SMILES string of the molecule is CN=C(NCCCCn1c(C)cccc1=O)NCCC1=CCCCC1.I. The zero-order valence-corrected chi connectivity index (χ0v) is 18.4. The van der Waals surface area contributed by atoms with Crippen LogP contribution in [0.15, 0.2) is 39.6 Å². The molecule has 2 rings (SSSR count). The van der Waals surface area contributed by atoms with Crippen molar-refractivity contribution in [3.63, 3.8) is 0 Å². The summed E-state index contributed by atoms with van der Waals surface area (Å²) in [6, 6.07) is 5.42. The van der Waals surface area contributed by atoms with Gasteiger partial charge in [-0.2, -0.15) is 0 Å². The molecule has 0 aromatic carbocycles. The maximum absolute atomic E-state index is 11.8. The van der Waals surface area contributed by atoms with E-state index in [1.807, 2.05) is 30.7 Å². The summed E-state index contributed by atoms with van der Waals surface area (Å²) < 4.78 is 1.84. The number of aliphatic imine (C=N–C) groups is 1. The van der Waals surface area contributed by atoms with Crippen molar-refractivity contribution in [2.45, 2.75) is 58.4 Å². The number of aromatic nitrogens is 1. The number of hydrogen-bond acceptors (Lipinski definition) is 2. The molecule has 0 saturated carbocycles. The van der Waals surface area contributed by atoms with E-state index < -0.39 is 0 Å². The number of pyridine rings is 1. The van der Waals surface area contributed by atoms with E-state index in [0.29, 0.717) is 0 Å². The van der Waals surface area contributed by atoms with Gasteiger partial charge in [0, 0.05) is 38.4 Å². The molecule has 6 heteroatoms. The lowest BCUT2D eigenvalue weighted by atomic mass is 9.97. The molecule has 0 unspecified atom stereocenters. The predicted molar refractivity (Wildman–Crippen MR) is 121 cm³/mol. The van der Waals surface area contributed by atoms with Crippen LogP contribution in [0.4, 0.5) is 0 Å². The largest absolute Gasteiger partial charge is 0.356 e. The Morgan fingerprint density at radius 1 is 1.19 bits per heavy atom. The molecule has 26 heavy (non-hydrogen) atoms. The molecule has 1 aliphatic carbocycles. The number of nitrogens with zero attached hydrogens (tertiary/aromatic N) is 2. The van der Waals surface area contributed by atoms with Gasteiger partial charge in [-0.1, -0.05) is 17.7 Å². The second-order valence-corrected chi connectivity index (χ2v) is 6.65. The average Bonchev–Trinajstić information content (AvgIpc) is 2.63. The van der Waals surface area contributed by atoms with Crippen LogP contribution in [0.1, 0.15) is 50.6 Å². The number of unbranched alkanes of at least 4 members (excludes halogenated alkanes) is 1. The molecular weight excluding hydrogens is 439 g/mol. The minimum Gasteiger partial charge on any atom is -0.356 e. The van der Waals surface area contributed by atoms with Gasteiger partial charge in [0.05, 0.1) is 0 Å². The molecule has 146 valence electrons.